The van der Waals surface area contributed by atoms with Crippen LogP contribution in [-0.4, -0.2) is 59.2 Å². The maximum Gasteiger partial charge on any atom is 0.326 e. The van der Waals surface area contributed by atoms with Crippen molar-refractivity contribution in [1.29, 1.82) is 0 Å². The van der Waals surface area contributed by atoms with Crippen molar-refractivity contribution >= 4 is 20.9 Å². The second-order valence-electron chi connectivity index (χ2n) is 8.28. The molecule has 3 aromatic rings. The molecule has 0 amide bonds. The number of fused-ring (bicyclic) bond motifs is 1. The Balaban J connectivity index is 1.37. The molecule has 2 N–H and O–H groups in total. The van der Waals surface area contributed by atoms with E-state index in [0.717, 1.165) is 12.8 Å². The molecule has 5 rings (SSSR count). The number of nitrogens with one attached hydrogen (secondary N) is 2. The van der Waals surface area contributed by atoms with Crippen LogP contribution < -0.4 is 11.2 Å². The quantitative estimate of drug-likeness (QED) is 0.585. The van der Waals surface area contributed by atoms with Crippen molar-refractivity contribution in [3.05, 3.63) is 50.8 Å². The first kappa shape index (κ1) is 20.1. The van der Waals surface area contributed by atoms with Gasteiger partial charge in [-0.2, -0.15) is 4.31 Å². The molecule has 2 aliphatic rings. The van der Waals surface area contributed by atoms with Gasteiger partial charge in [0.1, 0.15) is 0 Å². The van der Waals surface area contributed by atoms with Gasteiger partial charge in [-0.15, -0.1) is 10.2 Å². The molecule has 11 nitrogen and oxygen atoms in total. The number of nitrogens with zero attached hydrogens (tertiary/aromatic N) is 3. The average Bonchev–Trinajstić information content (AvgIpc) is 3.22. The summed E-state index contributed by atoms with van der Waals surface area (Å²) in [4.78, 5) is 28.0. The largest absolute Gasteiger partial charge is 0.424 e. The number of rotatable bonds is 4. The lowest BCUT2D eigenvalue weighted by Gasteiger charge is -2.44. The van der Waals surface area contributed by atoms with E-state index in [-0.39, 0.29) is 34.8 Å². The van der Waals surface area contributed by atoms with E-state index in [4.69, 9.17) is 9.15 Å². The summed E-state index contributed by atoms with van der Waals surface area (Å²) >= 11 is 0. The van der Waals surface area contributed by atoms with Crippen LogP contribution in [0.15, 0.2) is 37.1 Å². The van der Waals surface area contributed by atoms with E-state index in [9.17, 15) is 18.0 Å². The molecule has 2 fully saturated rings. The standard InChI is InChI=1S/C19H21N5O6S/c1-19(17-23-22-16(30-17)11-4-6-29-7-5-11)9-24(10-19)31(27,28)12-2-3-14-13(8-12)15(25)21-18(26)20-14/h2-3,8,11H,4-7,9-10H2,1H3,(H2,20,21,25,26). The van der Waals surface area contributed by atoms with Crippen LogP contribution in [0.1, 0.15) is 37.5 Å². The highest BCUT2D eigenvalue weighted by atomic mass is 32.2. The van der Waals surface area contributed by atoms with Gasteiger partial charge in [-0.3, -0.25) is 9.78 Å². The summed E-state index contributed by atoms with van der Waals surface area (Å²) in [6.45, 7) is 3.58. The summed E-state index contributed by atoms with van der Waals surface area (Å²) in [5.74, 6) is 1.16. The zero-order valence-corrected chi connectivity index (χ0v) is 17.6. The Hall–Kier alpha value is -2.83. The van der Waals surface area contributed by atoms with Crippen LogP contribution in [0.5, 0.6) is 0 Å². The maximum atomic E-state index is 13.1. The molecule has 2 saturated heterocycles. The van der Waals surface area contributed by atoms with Gasteiger partial charge in [-0.25, -0.2) is 13.2 Å². The van der Waals surface area contributed by atoms with E-state index in [1.54, 1.807) is 0 Å². The molecule has 0 saturated carbocycles. The molecule has 2 aromatic heterocycles. The van der Waals surface area contributed by atoms with Gasteiger partial charge in [0.15, 0.2) is 0 Å². The number of hydrogen-bond acceptors (Lipinski definition) is 8. The minimum atomic E-state index is -3.83. The van der Waals surface area contributed by atoms with Crippen molar-refractivity contribution in [2.24, 2.45) is 0 Å². The fraction of sp³-hybridized carbons (Fsp3) is 0.474. The van der Waals surface area contributed by atoms with Crippen molar-refractivity contribution < 1.29 is 17.6 Å². The summed E-state index contributed by atoms with van der Waals surface area (Å²) in [5, 5.41) is 8.45. The number of aromatic amines is 2. The lowest BCUT2D eigenvalue weighted by atomic mass is 9.84. The van der Waals surface area contributed by atoms with Gasteiger partial charge in [0.05, 0.1) is 21.2 Å². The smallest absolute Gasteiger partial charge is 0.326 e. The van der Waals surface area contributed by atoms with Crippen LogP contribution in [-0.2, 0) is 20.2 Å². The number of benzene rings is 1. The molecule has 4 heterocycles. The Morgan fingerprint density at radius 3 is 2.61 bits per heavy atom. The molecule has 12 heteroatoms. The number of ether oxygens (including phenoxy) is 1. The summed E-state index contributed by atoms with van der Waals surface area (Å²) in [5.41, 5.74) is -1.60. The van der Waals surface area contributed by atoms with Crippen molar-refractivity contribution in [2.45, 2.75) is 36.0 Å². The third-order valence-electron chi connectivity index (χ3n) is 5.93. The lowest BCUT2D eigenvalue weighted by molar-refractivity contribution is 0.0771. The van der Waals surface area contributed by atoms with E-state index in [0.29, 0.717) is 25.0 Å². The maximum absolute atomic E-state index is 13.1. The summed E-state index contributed by atoms with van der Waals surface area (Å²) < 4.78 is 38.7. The molecule has 0 radical (unpaired) electrons. The van der Waals surface area contributed by atoms with Crippen LogP contribution in [0.3, 0.4) is 0 Å². The van der Waals surface area contributed by atoms with Gasteiger partial charge in [0.2, 0.25) is 21.8 Å². The number of H-pyrrole nitrogens is 2. The third kappa shape index (κ3) is 3.40. The predicted molar refractivity (Wildman–Crippen MR) is 108 cm³/mol. The van der Waals surface area contributed by atoms with Crippen LogP contribution in [0.25, 0.3) is 10.9 Å². The Bertz CT molecular complexity index is 1360. The molecule has 0 atom stereocenters. The van der Waals surface area contributed by atoms with Crippen molar-refractivity contribution in [3.63, 3.8) is 0 Å². The minimum absolute atomic E-state index is 0.0203. The van der Waals surface area contributed by atoms with Crippen LogP contribution in [0.4, 0.5) is 0 Å². The Kier molecular flexibility index (Phi) is 4.61. The highest BCUT2D eigenvalue weighted by Gasteiger charge is 2.50. The second kappa shape index (κ2) is 7.11. The highest BCUT2D eigenvalue weighted by Crippen LogP contribution is 2.38. The van der Waals surface area contributed by atoms with Gasteiger partial charge >= 0.3 is 5.69 Å². The van der Waals surface area contributed by atoms with Gasteiger partial charge in [-0.1, -0.05) is 0 Å². The van der Waals surface area contributed by atoms with Crippen molar-refractivity contribution in [2.75, 3.05) is 26.3 Å². The van der Waals surface area contributed by atoms with E-state index in [1.165, 1.54) is 22.5 Å². The Morgan fingerprint density at radius 2 is 1.87 bits per heavy atom. The van der Waals surface area contributed by atoms with E-state index >= 15 is 0 Å². The molecule has 164 valence electrons. The Labute approximate surface area is 176 Å². The summed E-state index contributed by atoms with van der Waals surface area (Å²) in [7, 11) is -3.83. The van der Waals surface area contributed by atoms with Gasteiger partial charge in [0, 0.05) is 32.2 Å². The number of aromatic nitrogens is 4. The fourth-order valence-electron chi connectivity index (χ4n) is 4.08. The van der Waals surface area contributed by atoms with Gasteiger partial charge in [0.25, 0.3) is 5.56 Å². The molecule has 2 aliphatic heterocycles. The first-order chi connectivity index (χ1) is 14.8. The van der Waals surface area contributed by atoms with Gasteiger partial charge in [-0.05, 0) is 38.0 Å². The fourth-order valence-corrected chi connectivity index (χ4v) is 5.79. The van der Waals surface area contributed by atoms with E-state index < -0.39 is 26.7 Å². The minimum Gasteiger partial charge on any atom is -0.424 e. The first-order valence-corrected chi connectivity index (χ1v) is 11.4. The first-order valence-electron chi connectivity index (χ1n) is 9.94. The lowest BCUT2D eigenvalue weighted by Crippen LogP contribution is -2.59. The highest BCUT2D eigenvalue weighted by molar-refractivity contribution is 7.89. The monoisotopic (exact) mass is 447 g/mol. The van der Waals surface area contributed by atoms with E-state index in [1.807, 2.05) is 6.92 Å². The SMILES string of the molecule is CC1(c2nnc(C3CCOCC3)o2)CN(S(=O)(=O)c2ccc3[nH]c(=O)[nH]c(=O)c3c2)C1. The molecule has 0 unspecified atom stereocenters. The molecular formula is C19H21N5O6S. The normalized spacial score (nSPS) is 20.0. The zero-order valence-electron chi connectivity index (χ0n) is 16.8. The second-order valence-corrected chi connectivity index (χ2v) is 10.2. The zero-order chi connectivity index (χ0) is 21.8. The summed E-state index contributed by atoms with van der Waals surface area (Å²) in [6.07, 6.45) is 1.65. The summed E-state index contributed by atoms with van der Waals surface area (Å²) in [6, 6.07) is 4.06. The number of hydrogen-bond donors (Lipinski definition) is 2. The Morgan fingerprint density at radius 1 is 1.13 bits per heavy atom. The molecule has 0 aliphatic carbocycles. The van der Waals surface area contributed by atoms with Crippen molar-refractivity contribution in [1.82, 2.24) is 24.5 Å². The van der Waals surface area contributed by atoms with Crippen LogP contribution >= 0.6 is 0 Å². The van der Waals surface area contributed by atoms with Crippen LogP contribution in [0.2, 0.25) is 0 Å². The molecular weight excluding hydrogens is 426 g/mol. The number of sulfonamides is 1. The molecule has 0 spiro atoms. The molecule has 31 heavy (non-hydrogen) atoms. The predicted octanol–water partition coefficient (Wildman–Crippen LogP) is 0.456. The van der Waals surface area contributed by atoms with Gasteiger partial charge < -0.3 is 14.1 Å². The molecule has 1 aromatic carbocycles. The topological polar surface area (TPSA) is 151 Å². The van der Waals surface area contributed by atoms with E-state index in [2.05, 4.69) is 20.2 Å². The average molecular weight is 447 g/mol. The van der Waals surface area contributed by atoms with Crippen LogP contribution in [0, 0.1) is 0 Å². The third-order valence-corrected chi connectivity index (χ3v) is 7.71. The molecule has 0 bridgehead atoms. The van der Waals surface area contributed by atoms with Crippen molar-refractivity contribution in [3.8, 4) is 0 Å².